The van der Waals surface area contributed by atoms with Gasteiger partial charge in [0, 0.05) is 18.2 Å². The number of alkyl halides is 2. The number of H-pyrrole nitrogens is 2. The molecule has 0 aromatic carbocycles. The quantitative estimate of drug-likeness (QED) is 0.650. The van der Waals surface area contributed by atoms with Crippen molar-refractivity contribution in [3.05, 3.63) is 43.4 Å². The first-order chi connectivity index (χ1) is 13.0. The van der Waals surface area contributed by atoms with Crippen molar-refractivity contribution in [1.29, 1.82) is 0 Å². The number of aromatic nitrogens is 5. The number of nitrogens with one attached hydrogen (secondary N) is 2. The van der Waals surface area contributed by atoms with Crippen LogP contribution in [0.5, 0.6) is 0 Å². The van der Waals surface area contributed by atoms with Crippen molar-refractivity contribution in [3.8, 4) is 11.3 Å². The average Bonchev–Trinajstić information content (AvgIpc) is 2.99. The Labute approximate surface area is 166 Å². The molecule has 1 saturated heterocycles. The van der Waals surface area contributed by atoms with Crippen molar-refractivity contribution in [1.82, 2.24) is 24.6 Å². The van der Waals surface area contributed by atoms with Crippen molar-refractivity contribution in [2.24, 2.45) is 5.41 Å². The van der Waals surface area contributed by atoms with Crippen LogP contribution in [-0.4, -0.2) is 43.6 Å². The van der Waals surface area contributed by atoms with Crippen LogP contribution < -0.4 is 16.1 Å². The van der Waals surface area contributed by atoms with E-state index < -0.39 is 29.1 Å². The summed E-state index contributed by atoms with van der Waals surface area (Å²) in [6.07, 6.45) is 1.19. The Balaban J connectivity index is 1.97. The highest BCUT2D eigenvalue weighted by atomic mass is 35.5. The number of halogens is 4. The third-order valence-electron chi connectivity index (χ3n) is 4.87. The first-order valence-electron chi connectivity index (χ1n) is 8.20. The van der Waals surface area contributed by atoms with Gasteiger partial charge >= 0.3 is 5.69 Å². The fraction of sp³-hybridized carbons (Fsp3) is 0.375. The third kappa shape index (κ3) is 2.78. The second-order valence-corrected chi connectivity index (χ2v) is 7.99. The van der Waals surface area contributed by atoms with Crippen molar-refractivity contribution in [2.45, 2.75) is 19.8 Å². The molecule has 12 heteroatoms. The van der Waals surface area contributed by atoms with E-state index in [-0.39, 0.29) is 33.8 Å². The zero-order valence-electron chi connectivity index (χ0n) is 14.7. The largest absolute Gasteiger partial charge is 0.362 e. The van der Waals surface area contributed by atoms with Gasteiger partial charge in [-0.25, -0.2) is 18.6 Å². The van der Waals surface area contributed by atoms with E-state index in [1.807, 2.05) is 0 Å². The monoisotopic (exact) mass is 430 g/mol. The second kappa shape index (κ2) is 6.02. The Morgan fingerprint density at radius 2 is 1.93 bits per heavy atom. The molecule has 0 unspecified atom stereocenters. The summed E-state index contributed by atoms with van der Waals surface area (Å²) in [5.74, 6) is -2.94. The van der Waals surface area contributed by atoms with E-state index in [0.717, 1.165) is 0 Å². The maximum absolute atomic E-state index is 14.4. The van der Waals surface area contributed by atoms with Gasteiger partial charge in [0.15, 0.2) is 16.0 Å². The van der Waals surface area contributed by atoms with Crippen LogP contribution in [0.2, 0.25) is 10.3 Å². The van der Waals surface area contributed by atoms with Crippen LogP contribution in [0.1, 0.15) is 13.8 Å². The molecule has 0 spiro atoms. The lowest BCUT2D eigenvalue weighted by molar-refractivity contribution is -0.0642. The minimum Gasteiger partial charge on any atom is -0.362 e. The number of hydrogen-bond donors (Lipinski definition) is 2. The van der Waals surface area contributed by atoms with Crippen molar-refractivity contribution < 1.29 is 8.78 Å². The Bertz CT molecular complexity index is 1200. The van der Waals surface area contributed by atoms with Crippen LogP contribution >= 0.6 is 23.2 Å². The number of aromatic amines is 2. The minimum absolute atomic E-state index is 0.0224. The lowest BCUT2D eigenvalue weighted by Gasteiger charge is -2.24. The number of anilines is 1. The summed E-state index contributed by atoms with van der Waals surface area (Å²) in [6, 6.07) is 1.45. The molecule has 1 aliphatic heterocycles. The number of imidazole rings is 1. The molecule has 0 amide bonds. The lowest BCUT2D eigenvalue weighted by Crippen LogP contribution is -2.34. The SMILES string of the molecule is CC1(C)CN(c2cc(-c3c[nH]c(=O)[nH]c3=O)nn3c(Cl)c(Cl)nc23)CC1(F)F. The molecule has 0 atom stereocenters. The van der Waals surface area contributed by atoms with Gasteiger partial charge in [-0.1, -0.05) is 37.0 Å². The molecule has 0 bridgehead atoms. The Kier molecular flexibility index (Phi) is 4.06. The molecule has 0 radical (unpaired) electrons. The van der Waals surface area contributed by atoms with E-state index in [9.17, 15) is 18.4 Å². The molecule has 148 valence electrons. The van der Waals surface area contributed by atoms with E-state index in [4.69, 9.17) is 23.2 Å². The van der Waals surface area contributed by atoms with Gasteiger partial charge in [-0.15, -0.1) is 0 Å². The summed E-state index contributed by atoms with van der Waals surface area (Å²) in [7, 11) is 0. The molecule has 3 aromatic rings. The standard InChI is InChI=1S/C16H14Cl2F2N6O2/c1-15(2)5-25(6-16(15,19)20)9-3-8(7-4-21-14(28)23-13(7)27)24-26-11(18)10(17)22-12(9)26/h3-4H,5-6H2,1-2H3,(H2,21,23,27,28). The van der Waals surface area contributed by atoms with Gasteiger partial charge in [0.1, 0.15) is 5.69 Å². The lowest BCUT2D eigenvalue weighted by atomic mass is 9.89. The van der Waals surface area contributed by atoms with E-state index in [0.29, 0.717) is 5.69 Å². The fourth-order valence-corrected chi connectivity index (χ4v) is 3.51. The first-order valence-corrected chi connectivity index (χ1v) is 8.96. The highest BCUT2D eigenvalue weighted by Crippen LogP contribution is 2.45. The van der Waals surface area contributed by atoms with Crippen LogP contribution in [0.4, 0.5) is 14.5 Å². The van der Waals surface area contributed by atoms with Crippen LogP contribution in [-0.2, 0) is 0 Å². The molecule has 2 N–H and O–H groups in total. The summed E-state index contributed by atoms with van der Waals surface area (Å²) >= 11 is 12.2. The number of nitrogens with zero attached hydrogens (tertiary/aromatic N) is 4. The highest BCUT2D eigenvalue weighted by Gasteiger charge is 2.54. The number of hydrogen-bond acceptors (Lipinski definition) is 5. The second-order valence-electron chi connectivity index (χ2n) is 7.27. The Morgan fingerprint density at radius 3 is 2.54 bits per heavy atom. The van der Waals surface area contributed by atoms with Crippen LogP contribution in [0, 0.1) is 5.41 Å². The van der Waals surface area contributed by atoms with Crippen LogP contribution in [0.25, 0.3) is 16.9 Å². The van der Waals surface area contributed by atoms with Crippen LogP contribution in [0.15, 0.2) is 21.9 Å². The summed E-state index contributed by atoms with van der Waals surface area (Å²) in [5.41, 5.74) is -2.00. The Morgan fingerprint density at radius 1 is 1.21 bits per heavy atom. The highest BCUT2D eigenvalue weighted by molar-refractivity contribution is 6.41. The Hall–Kier alpha value is -2.46. The van der Waals surface area contributed by atoms with Gasteiger partial charge in [-0.2, -0.15) is 9.61 Å². The normalized spacial score (nSPS) is 18.1. The third-order valence-corrected chi connectivity index (χ3v) is 5.57. The minimum atomic E-state index is -2.94. The molecular weight excluding hydrogens is 417 g/mol. The van der Waals surface area contributed by atoms with E-state index in [2.05, 4.69) is 20.1 Å². The number of rotatable bonds is 2. The maximum atomic E-state index is 14.4. The first kappa shape index (κ1) is 18.9. The van der Waals surface area contributed by atoms with Gasteiger partial charge in [0.2, 0.25) is 0 Å². The molecule has 3 aromatic heterocycles. The molecule has 4 heterocycles. The molecule has 4 rings (SSSR count). The van der Waals surface area contributed by atoms with Gasteiger partial charge in [-0.3, -0.25) is 9.78 Å². The number of fused-ring (bicyclic) bond motifs is 1. The molecular formula is C16H14Cl2F2N6O2. The maximum Gasteiger partial charge on any atom is 0.325 e. The summed E-state index contributed by atoms with van der Waals surface area (Å²) in [4.78, 5) is 33.5. The summed E-state index contributed by atoms with van der Waals surface area (Å²) in [5, 5.41) is 4.17. The van der Waals surface area contributed by atoms with Gasteiger partial charge < -0.3 is 9.88 Å². The molecule has 8 nitrogen and oxygen atoms in total. The fourth-order valence-electron chi connectivity index (χ4n) is 3.19. The van der Waals surface area contributed by atoms with E-state index in [1.54, 1.807) is 0 Å². The van der Waals surface area contributed by atoms with E-state index in [1.165, 1.54) is 35.5 Å². The molecule has 0 aliphatic carbocycles. The van der Waals surface area contributed by atoms with Gasteiger partial charge in [0.25, 0.3) is 11.5 Å². The van der Waals surface area contributed by atoms with Gasteiger partial charge in [-0.05, 0) is 6.07 Å². The summed E-state index contributed by atoms with van der Waals surface area (Å²) in [6.45, 7) is 2.46. The predicted octanol–water partition coefficient (Wildman–Crippen LogP) is 2.56. The zero-order chi connectivity index (χ0) is 20.4. The average molecular weight is 431 g/mol. The summed E-state index contributed by atoms with van der Waals surface area (Å²) < 4.78 is 30.1. The smallest absolute Gasteiger partial charge is 0.325 e. The topological polar surface area (TPSA) is 99.2 Å². The van der Waals surface area contributed by atoms with E-state index >= 15 is 0 Å². The van der Waals surface area contributed by atoms with Crippen molar-refractivity contribution in [3.63, 3.8) is 0 Å². The molecule has 1 aliphatic rings. The van der Waals surface area contributed by atoms with Gasteiger partial charge in [0.05, 0.1) is 17.8 Å². The molecule has 0 saturated carbocycles. The molecule has 28 heavy (non-hydrogen) atoms. The van der Waals surface area contributed by atoms with Crippen molar-refractivity contribution in [2.75, 3.05) is 18.0 Å². The molecule has 1 fully saturated rings. The van der Waals surface area contributed by atoms with Crippen LogP contribution in [0.3, 0.4) is 0 Å². The zero-order valence-corrected chi connectivity index (χ0v) is 16.2. The van der Waals surface area contributed by atoms with Crippen molar-refractivity contribution >= 4 is 34.5 Å². The predicted molar refractivity (Wildman–Crippen MR) is 101 cm³/mol.